The van der Waals surface area contributed by atoms with Crippen molar-refractivity contribution < 1.29 is 19.1 Å². The van der Waals surface area contributed by atoms with Crippen molar-refractivity contribution in [3.8, 4) is 5.75 Å². The summed E-state index contributed by atoms with van der Waals surface area (Å²) in [6.45, 7) is 7.19. The van der Waals surface area contributed by atoms with Gasteiger partial charge in [0.2, 0.25) is 11.8 Å². The van der Waals surface area contributed by atoms with Crippen LogP contribution < -0.4 is 15.4 Å². The molecule has 0 bridgehead atoms. The molecule has 3 aliphatic heterocycles. The van der Waals surface area contributed by atoms with Gasteiger partial charge in [-0.05, 0) is 36.6 Å². The summed E-state index contributed by atoms with van der Waals surface area (Å²) >= 11 is 1.67. The predicted molar refractivity (Wildman–Crippen MR) is 131 cm³/mol. The van der Waals surface area contributed by atoms with Crippen LogP contribution in [-0.4, -0.2) is 69.8 Å². The first-order valence-corrected chi connectivity index (χ1v) is 13.1. The molecule has 0 aliphatic carbocycles. The zero-order valence-electron chi connectivity index (χ0n) is 20.0. The van der Waals surface area contributed by atoms with Crippen molar-refractivity contribution in [2.45, 2.75) is 70.4 Å². The van der Waals surface area contributed by atoms with Crippen LogP contribution in [0.4, 0.5) is 0 Å². The summed E-state index contributed by atoms with van der Waals surface area (Å²) in [5, 5.41) is 9.10. The molecular formula is C25H31N5O4S. The number of fused-ring (bicyclic) bond motifs is 1. The first kappa shape index (κ1) is 23.9. The standard InChI is InChI=1S/C25H31N5O4S/c1-15(2)27-19-7-9-29(14-23-26-8-10-35-23)13-21(19)34-17-3-4-18-16(11-17)12-30(25(18)33)20-5-6-22(31)28-24(20)32/h3-4,8,10-11,15,19-21,27H,5-7,9,12-14H2,1-2H3,(H,28,31,32). The van der Waals surface area contributed by atoms with E-state index in [4.69, 9.17) is 4.74 Å². The Morgan fingerprint density at radius 2 is 2.11 bits per heavy atom. The molecule has 5 rings (SSSR count). The van der Waals surface area contributed by atoms with Gasteiger partial charge in [0.15, 0.2) is 0 Å². The highest BCUT2D eigenvalue weighted by atomic mass is 32.1. The van der Waals surface area contributed by atoms with Crippen molar-refractivity contribution >= 4 is 29.1 Å². The molecular weight excluding hydrogens is 466 g/mol. The molecule has 3 aliphatic rings. The number of rotatable bonds is 7. The van der Waals surface area contributed by atoms with Crippen LogP contribution in [0.15, 0.2) is 29.8 Å². The Morgan fingerprint density at radius 3 is 2.86 bits per heavy atom. The van der Waals surface area contributed by atoms with Crippen molar-refractivity contribution in [2.24, 2.45) is 0 Å². The fourth-order valence-corrected chi connectivity index (χ4v) is 5.84. The highest BCUT2D eigenvalue weighted by Gasteiger charge is 2.39. The van der Waals surface area contributed by atoms with Crippen molar-refractivity contribution in [1.29, 1.82) is 0 Å². The molecule has 0 radical (unpaired) electrons. The zero-order chi connectivity index (χ0) is 24.5. The van der Waals surface area contributed by atoms with Gasteiger partial charge in [-0.25, -0.2) is 4.98 Å². The van der Waals surface area contributed by atoms with Crippen LogP contribution in [0.2, 0.25) is 0 Å². The molecule has 2 aromatic rings. The summed E-state index contributed by atoms with van der Waals surface area (Å²) in [5.74, 6) is -0.137. The summed E-state index contributed by atoms with van der Waals surface area (Å²) in [4.78, 5) is 45.2. The maximum Gasteiger partial charge on any atom is 0.255 e. The molecule has 0 spiro atoms. The summed E-state index contributed by atoms with van der Waals surface area (Å²) in [5.41, 5.74) is 1.44. The number of carbonyl (C=O) groups excluding carboxylic acids is 3. The van der Waals surface area contributed by atoms with Crippen LogP contribution in [0.5, 0.6) is 5.75 Å². The van der Waals surface area contributed by atoms with Crippen LogP contribution in [-0.2, 0) is 22.7 Å². The van der Waals surface area contributed by atoms with E-state index in [-0.39, 0.29) is 30.4 Å². The van der Waals surface area contributed by atoms with Gasteiger partial charge < -0.3 is 15.0 Å². The van der Waals surface area contributed by atoms with Gasteiger partial charge in [0.05, 0.1) is 6.54 Å². The molecule has 10 heteroatoms. The van der Waals surface area contributed by atoms with Gasteiger partial charge in [0.1, 0.15) is 22.9 Å². The summed E-state index contributed by atoms with van der Waals surface area (Å²) < 4.78 is 6.52. The molecule has 186 valence electrons. The van der Waals surface area contributed by atoms with E-state index < -0.39 is 11.9 Å². The number of nitrogens with one attached hydrogen (secondary N) is 2. The third kappa shape index (κ3) is 5.24. The van der Waals surface area contributed by atoms with Gasteiger partial charge in [-0.15, -0.1) is 11.3 Å². The molecule has 3 amide bonds. The highest BCUT2D eigenvalue weighted by Crippen LogP contribution is 2.31. The number of likely N-dealkylation sites (tertiary alicyclic amines) is 1. The first-order chi connectivity index (χ1) is 16.9. The fraction of sp³-hybridized carbons (Fsp3) is 0.520. The lowest BCUT2D eigenvalue weighted by molar-refractivity contribution is -0.136. The van der Waals surface area contributed by atoms with Gasteiger partial charge in [-0.1, -0.05) is 13.8 Å². The number of nitrogens with zero attached hydrogens (tertiary/aromatic N) is 3. The van der Waals surface area contributed by atoms with Crippen LogP contribution in [0.25, 0.3) is 0 Å². The smallest absolute Gasteiger partial charge is 0.255 e. The number of thiazole rings is 1. The molecule has 2 fully saturated rings. The number of ether oxygens (including phenoxy) is 1. The molecule has 35 heavy (non-hydrogen) atoms. The monoisotopic (exact) mass is 497 g/mol. The lowest BCUT2D eigenvalue weighted by Gasteiger charge is -2.39. The third-order valence-electron chi connectivity index (χ3n) is 6.82. The van der Waals surface area contributed by atoms with Crippen LogP contribution in [0.3, 0.4) is 0 Å². The second-order valence-electron chi connectivity index (χ2n) is 9.75. The van der Waals surface area contributed by atoms with Crippen molar-refractivity contribution in [3.63, 3.8) is 0 Å². The summed E-state index contributed by atoms with van der Waals surface area (Å²) in [7, 11) is 0. The topological polar surface area (TPSA) is 104 Å². The third-order valence-corrected chi connectivity index (χ3v) is 7.58. The van der Waals surface area contributed by atoms with E-state index in [1.165, 1.54) is 0 Å². The lowest BCUT2D eigenvalue weighted by atomic mass is 10.0. The van der Waals surface area contributed by atoms with Crippen LogP contribution >= 0.6 is 11.3 Å². The molecule has 0 saturated carbocycles. The second-order valence-corrected chi connectivity index (χ2v) is 10.7. The van der Waals surface area contributed by atoms with Crippen molar-refractivity contribution in [2.75, 3.05) is 13.1 Å². The number of carbonyl (C=O) groups is 3. The minimum Gasteiger partial charge on any atom is -0.487 e. The normalized spacial score (nSPS) is 25.2. The van der Waals surface area contributed by atoms with E-state index in [9.17, 15) is 14.4 Å². The zero-order valence-corrected chi connectivity index (χ0v) is 20.8. The molecule has 3 atom stereocenters. The number of amides is 3. The van der Waals surface area contributed by atoms with E-state index >= 15 is 0 Å². The Kier molecular flexibility index (Phi) is 6.86. The summed E-state index contributed by atoms with van der Waals surface area (Å²) in [6.07, 6.45) is 3.36. The number of imide groups is 1. The number of hydrogen-bond donors (Lipinski definition) is 2. The van der Waals surface area contributed by atoms with Crippen LogP contribution in [0, 0.1) is 0 Å². The fourth-order valence-electron chi connectivity index (χ4n) is 5.18. The van der Waals surface area contributed by atoms with Gasteiger partial charge in [-0.2, -0.15) is 0 Å². The van der Waals surface area contributed by atoms with E-state index in [0.29, 0.717) is 24.6 Å². The highest BCUT2D eigenvalue weighted by molar-refractivity contribution is 7.09. The SMILES string of the molecule is CC(C)NC1CCN(Cc2nccs2)CC1Oc1ccc2c(c1)CN(C1CCC(=O)NC1=O)C2=O. The average Bonchev–Trinajstić information content (AvgIpc) is 3.43. The predicted octanol–water partition coefficient (Wildman–Crippen LogP) is 1.92. The Bertz CT molecular complexity index is 1110. The molecule has 2 N–H and O–H groups in total. The second kappa shape index (κ2) is 10.0. The van der Waals surface area contributed by atoms with Gasteiger partial charge >= 0.3 is 0 Å². The molecule has 4 heterocycles. The van der Waals surface area contributed by atoms with Crippen molar-refractivity contribution in [1.82, 2.24) is 25.4 Å². The minimum atomic E-state index is -0.616. The van der Waals surface area contributed by atoms with Gasteiger partial charge in [0, 0.05) is 55.3 Å². The Hall–Kier alpha value is -2.82. The number of hydrogen-bond acceptors (Lipinski definition) is 8. The van der Waals surface area contributed by atoms with Crippen LogP contribution in [0.1, 0.15) is 54.0 Å². The Morgan fingerprint density at radius 1 is 1.26 bits per heavy atom. The van der Waals surface area contributed by atoms with E-state index in [1.54, 1.807) is 22.3 Å². The molecule has 1 aromatic heterocycles. The van der Waals surface area contributed by atoms with Gasteiger partial charge in [0.25, 0.3) is 5.91 Å². The summed E-state index contributed by atoms with van der Waals surface area (Å²) in [6, 6.07) is 5.51. The molecule has 2 saturated heterocycles. The van der Waals surface area contributed by atoms with Gasteiger partial charge in [-0.3, -0.25) is 24.6 Å². The van der Waals surface area contributed by atoms with E-state index in [0.717, 1.165) is 42.4 Å². The average molecular weight is 498 g/mol. The lowest BCUT2D eigenvalue weighted by Crippen LogP contribution is -2.56. The molecule has 9 nitrogen and oxygen atoms in total. The van der Waals surface area contributed by atoms with E-state index in [2.05, 4.69) is 34.4 Å². The maximum absolute atomic E-state index is 13.0. The number of piperidine rings is 2. The maximum atomic E-state index is 13.0. The van der Waals surface area contributed by atoms with Crippen molar-refractivity contribution in [3.05, 3.63) is 45.9 Å². The first-order valence-electron chi connectivity index (χ1n) is 12.2. The molecule has 1 aromatic carbocycles. The number of benzene rings is 1. The minimum absolute atomic E-state index is 0.0486. The quantitative estimate of drug-likeness (QED) is 0.564. The Labute approximate surface area is 208 Å². The Balaban J connectivity index is 1.29. The largest absolute Gasteiger partial charge is 0.487 e. The number of aromatic nitrogens is 1. The molecule has 3 unspecified atom stereocenters. The van der Waals surface area contributed by atoms with E-state index in [1.807, 2.05) is 23.7 Å².